The van der Waals surface area contributed by atoms with Crippen LogP contribution in [0.1, 0.15) is 18.9 Å². The number of hydrogen-bond donors (Lipinski definition) is 2. The third kappa shape index (κ3) is 3.22. The number of phenols is 1. The Morgan fingerprint density at radius 2 is 1.96 bits per heavy atom. The lowest BCUT2D eigenvalue weighted by molar-refractivity contribution is -0.137. The highest BCUT2D eigenvalue weighted by atomic mass is 19.4. The van der Waals surface area contributed by atoms with Gasteiger partial charge in [-0.05, 0) is 43.7 Å². The Morgan fingerprint density at radius 3 is 2.61 bits per heavy atom. The van der Waals surface area contributed by atoms with Crippen molar-refractivity contribution in [3.63, 3.8) is 0 Å². The van der Waals surface area contributed by atoms with Crippen LogP contribution in [-0.2, 0) is 6.18 Å². The van der Waals surface area contributed by atoms with Crippen LogP contribution in [0.4, 0.5) is 19.0 Å². The maximum absolute atomic E-state index is 12.9. The van der Waals surface area contributed by atoms with Crippen molar-refractivity contribution in [2.45, 2.75) is 25.1 Å². The summed E-state index contributed by atoms with van der Waals surface area (Å²) in [5, 5.41) is 29.3. The molecule has 3 heterocycles. The molecule has 9 heteroatoms. The third-order valence-corrected chi connectivity index (χ3v) is 4.85. The topological polar surface area (TPSA) is 82.4 Å². The largest absolute Gasteiger partial charge is 0.507 e. The SMILES string of the molecule is C[C@]1(O)CCN(c2nnc(-c3ccc(C(F)(F)F)cc3O)c3cccnc23)C1. The molecule has 1 aromatic carbocycles. The van der Waals surface area contributed by atoms with E-state index < -0.39 is 23.1 Å². The van der Waals surface area contributed by atoms with Crippen molar-refractivity contribution in [2.75, 3.05) is 18.0 Å². The summed E-state index contributed by atoms with van der Waals surface area (Å²) in [6, 6.07) is 6.14. The van der Waals surface area contributed by atoms with Crippen molar-refractivity contribution in [2.24, 2.45) is 0 Å². The maximum atomic E-state index is 12.9. The predicted molar refractivity (Wildman–Crippen MR) is 96.9 cm³/mol. The number of fused-ring (bicyclic) bond motifs is 1. The molecule has 1 atom stereocenters. The number of hydrogen-bond acceptors (Lipinski definition) is 6. The van der Waals surface area contributed by atoms with Gasteiger partial charge in [-0.1, -0.05) is 0 Å². The van der Waals surface area contributed by atoms with Crippen LogP contribution in [0.5, 0.6) is 5.75 Å². The fraction of sp³-hybridized carbons (Fsp3) is 0.316. The minimum absolute atomic E-state index is 0.137. The van der Waals surface area contributed by atoms with Crippen LogP contribution in [0.15, 0.2) is 36.5 Å². The van der Waals surface area contributed by atoms with Crippen molar-refractivity contribution in [1.29, 1.82) is 0 Å². The minimum atomic E-state index is -4.55. The van der Waals surface area contributed by atoms with E-state index in [1.54, 1.807) is 25.3 Å². The average molecular weight is 390 g/mol. The lowest BCUT2D eigenvalue weighted by Crippen LogP contribution is -2.30. The Bertz CT molecular complexity index is 1050. The third-order valence-electron chi connectivity index (χ3n) is 4.85. The van der Waals surface area contributed by atoms with E-state index in [-0.39, 0.29) is 11.3 Å². The van der Waals surface area contributed by atoms with Crippen LogP contribution in [0.25, 0.3) is 22.2 Å². The number of anilines is 1. The number of aliphatic hydroxyl groups is 1. The molecule has 4 rings (SSSR count). The number of rotatable bonds is 2. The fourth-order valence-corrected chi connectivity index (χ4v) is 3.42. The summed E-state index contributed by atoms with van der Waals surface area (Å²) in [6.07, 6.45) is -2.40. The molecule has 0 radical (unpaired) electrons. The van der Waals surface area contributed by atoms with Gasteiger partial charge in [0.1, 0.15) is 17.0 Å². The van der Waals surface area contributed by atoms with Gasteiger partial charge in [0.2, 0.25) is 0 Å². The first kappa shape index (κ1) is 18.4. The van der Waals surface area contributed by atoms with Crippen LogP contribution >= 0.6 is 0 Å². The predicted octanol–water partition coefficient (Wildman–Crippen LogP) is 3.38. The van der Waals surface area contributed by atoms with E-state index >= 15 is 0 Å². The molecular weight excluding hydrogens is 373 g/mol. The molecule has 0 saturated carbocycles. The lowest BCUT2D eigenvalue weighted by atomic mass is 10.0. The first-order chi connectivity index (χ1) is 13.2. The second-order valence-corrected chi connectivity index (χ2v) is 7.17. The van der Waals surface area contributed by atoms with Crippen molar-refractivity contribution >= 4 is 16.7 Å². The molecule has 0 aliphatic carbocycles. The summed E-state index contributed by atoms with van der Waals surface area (Å²) in [7, 11) is 0. The van der Waals surface area contributed by atoms with E-state index in [1.807, 2.05) is 4.90 Å². The number of aromatic hydroxyl groups is 1. The van der Waals surface area contributed by atoms with Crippen molar-refractivity contribution < 1.29 is 23.4 Å². The van der Waals surface area contributed by atoms with E-state index in [2.05, 4.69) is 15.2 Å². The smallest absolute Gasteiger partial charge is 0.416 e. The molecule has 0 amide bonds. The van der Waals surface area contributed by atoms with Gasteiger partial charge in [-0.2, -0.15) is 13.2 Å². The number of alkyl halides is 3. The molecule has 1 saturated heterocycles. The van der Waals surface area contributed by atoms with E-state index in [9.17, 15) is 23.4 Å². The number of nitrogens with zero attached hydrogens (tertiary/aromatic N) is 4. The number of benzene rings is 1. The van der Waals surface area contributed by atoms with Crippen LogP contribution in [0.3, 0.4) is 0 Å². The van der Waals surface area contributed by atoms with E-state index in [4.69, 9.17) is 0 Å². The molecular formula is C19H17F3N4O2. The fourth-order valence-electron chi connectivity index (χ4n) is 3.42. The molecule has 0 bridgehead atoms. The van der Waals surface area contributed by atoms with Gasteiger partial charge in [0, 0.05) is 30.2 Å². The Kier molecular flexibility index (Phi) is 4.15. The van der Waals surface area contributed by atoms with E-state index in [0.29, 0.717) is 42.3 Å². The molecule has 146 valence electrons. The summed E-state index contributed by atoms with van der Waals surface area (Å²) in [4.78, 5) is 6.23. The van der Waals surface area contributed by atoms with Gasteiger partial charge >= 0.3 is 6.18 Å². The highest BCUT2D eigenvalue weighted by Gasteiger charge is 2.34. The van der Waals surface area contributed by atoms with Crippen LogP contribution in [0, 0.1) is 0 Å². The molecule has 1 aliphatic heterocycles. The summed E-state index contributed by atoms with van der Waals surface area (Å²) in [6.45, 7) is 2.70. The molecule has 3 aromatic rings. The zero-order valence-corrected chi connectivity index (χ0v) is 14.9. The summed E-state index contributed by atoms with van der Waals surface area (Å²) in [5.74, 6) is -0.0466. The molecule has 2 N–H and O–H groups in total. The second-order valence-electron chi connectivity index (χ2n) is 7.17. The van der Waals surface area contributed by atoms with Crippen molar-refractivity contribution in [1.82, 2.24) is 15.2 Å². The van der Waals surface area contributed by atoms with Crippen molar-refractivity contribution in [3.05, 3.63) is 42.1 Å². The van der Waals surface area contributed by atoms with Gasteiger partial charge in [0.15, 0.2) is 5.82 Å². The highest BCUT2D eigenvalue weighted by Crippen LogP contribution is 2.39. The first-order valence-electron chi connectivity index (χ1n) is 8.65. The quantitative estimate of drug-likeness (QED) is 0.698. The molecule has 0 spiro atoms. The Hall–Kier alpha value is -2.94. The van der Waals surface area contributed by atoms with E-state index in [1.165, 1.54) is 6.07 Å². The first-order valence-corrected chi connectivity index (χ1v) is 8.65. The number of phenolic OH excluding ortho intramolecular Hbond substituents is 1. The Morgan fingerprint density at radius 1 is 1.18 bits per heavy atom. The molecule has 0 unspecified atom stereocenters. The Labute approximate surface area is 158 Å². The molecule has 1 fully saturated rings. The standard InChI is InChI=1S/C19H17F3N4O2/c1-18(28)6-8-26(10-18)17-16-13(3-2-7-23-16)15(24-25-17)12-5-4-11(9-14(12)27)19(20,21)22/h2-5,7,9,27-28H,6,8,10H2,1H3/t18-/m0/s1. The normalized spacial score (nSPS) is 20.1. The minimum Gasteiger partial charge on any atom is -0.507 e. The number of aromatic nitrogens is 3. The number of β-amino-alcohol motifs (C(OH)–C–C–N with tert-alkyl or cyclic N) is 1. The molecule has 2 aromatic heterocycles. The second kappa shape index (κ2) is 6.30. The van der Waals surface area contributed by atoms with Crippen LogP contribution < -0.4 is 4.90 Å². The summed E-state index contributed by atoms with van der Waals surface area (Å²) in [5.41, 5.74) is -0.903. The average Bonchev–Trinajstić information content (AvgIpc) is 3.00. The summed E-state index contributed by atoms with van der Waals surface area (Å²) < 4.78 is 38.6. The van der Waals surface area contributed by atoms with Gasteiger partial charge in [0.05, 0.1) is 11.2 Å². The maximum Gasteiger partial charge on any atom is 0.416 e. The van der Waals surface area contributed by atoms with Crippen LogP contribution in [0.2, 0.25) is 0 Å². The molecule has 6 nitrogen and oxygen atoms in total. The van der Waals surface area contributed by atoms with Gasteiger partial charge in [-0.3, -0.25) is 4.98 Å². The number of halogens is 3. The van der Waals surface area contributed by atoms with Gasteiger partial charge in [0.25, 0.3) is 0 Å². The monoisotopic (exact) mass is 390 g/mol. The Balaban J connectivity index is 1.83. The summed E-state index contributed by atoms with van der Waals surface area (Å²) >= 11 is 0. The van der Waals surface area contributed by atoms with Gasteiger partial charge in [-0.25, -0.2) is 0 Å². The van der Waals surface area contributed by atoms with Crippen LogP contribution in [-0.4, -0.2) is 44.1 Å². The van der Waals surface area contributed by atoms with E-state index in [0.717, 1.165) is 6.07 Å². The molecule has 28 heavy (non-hydrogen) atoms. The number of pyridine rings is 1. The van der Waals surface area contributed by atoms with Gasteiger partial charge in [-0.15, -0.1) is 10.2 Å². The zero-order valence-electron chi connectivity index (χ0n) is 14.9. The van der Waals surface area contributed by atoms with Crippen molar-refractivity contribution in [3.8, 4) is 17.0 Å². The molecule has 1 aliphatic rings. The zero-order chi connectivity index (χ0) is 20.1. The van der Waals surface area contributed by atoms with Gasteiger partial charge < -0.3 is 15.1 Å². The lowest BCUT2D eigenvalue weighted by Gasteiger charge is -2.21. The highest BCUT2D eigenvalue weighted by molar-refractivity contribution is 5.98.